The molecule has 4 nitrogen and oxygen atoms in total. The Morgan fingerprint density at radius 1 is 1.53 bits per heavy atom. The Morgan fingerprint density at radius 3 is 2.40 bits per heavy atom. The topological polar surface area (TPSA) is 66.6 Å². The summed E-state index contributed by atoms with van der Waals surface area (Å²) in [5.41, 5.74) is 4.70. The molecule has 3 N–H and O–H groups in total. The van der Waals surface area contributed by atoms with E-state index in [1.54, 1.807) is 13.8 Å². The van der Waals surface area contributed by atoms with Crippen molar-refractivity contribution < 1.29 is 9.90 Å². The average Bonchev–Trinajstić information content (AvgIpc) is 2.01. The maximum atomic E-state index is 11.0. The van der Waals surface area contributed by atoms with Crippen molar-refractivity contribution in [3.63, 3.8) is 0 Å². The van der Waals surface area contributed by atoms with Crippen LogP contribution in [0.1, 0.15) is 27.2 Å². The molecule has 0 aliphatic heterocycles. The zero-order chi connectivity index (χ0) is 12.1. The molecule has 0 radical (unpaired) electrons. The van der Waals surface area contributed by atoms with Gasteiger partial charge in [0.05, 0.1) is 10.4 Å². The number of hydrogen-bond acceptors (Lipinski definition) is 3. The highest BCUT2D eigenvalue weighted by Crippen LogP contribution is 2.17. The van der Waals surface area contributed by atoms with Crippen LogP contribution in [-0.4, -0.2) is 40.6 Å². The Kier molecular flexibility index (Phi) is 5.75. The van der Waals surface area contributed by atoms with E-state index in [4.69, 9.17) is 23.1 Å². The summed E-state index contributed by atoms with van der Waals surface area (Å²) < 4.78 is 0. The van der Waals surface area contributed by atoms with Gasteiger partial charge in [-0.15, -0.1) is 0 Å². The normalized spacial score (nSPS) is 11.7. The van der Waals surface area contributed by atoms with Crippen LogP contribution < -0.4 is 5.73 Å². The largest absolute Gasteiger partial charge is 0.481 e. The van der Waals surface area contributed by atoms with E-state index in [1.165, 1.54) is 0 Å². The van der Waals surface area contributed by atoms with Crippen LogP contribution in [0.4, 0.5) is 0 Å². The molecule has 0 amide bonds. The van der Waals surface area contributed by atoms with Crippen molar-refractivity contribution >= 4 is 23.2 Å². The van der Waals surface area contributed by atoms with Gasteiger partial charge in [0.25, 0.3) is 0 Å². The molecule has 0 atom stereocenters. The lowest BCUT2D eigenvalue weighted by Crippen LogP contribution is -2.42. The zero-order valence-electron chi connectivity index (χ0n) is 9.62. The molecule has 0 aliphatic rings. The lowest BCUT2D eigenvalue weighted by molar-refractivity contribution is -0.147. The van der Waals surface area contributed by atoms with Gasteiger partial charge in [-0.05, 0) is 26.8 Å². The second-order valence-corrected chi connectivity index (χ2v) is 4.89. The molecule has 0 heterocycles. The first-order chi connectivity index (χ1) is 6.79. The lowest BCUT2D eigenvalue weighted by Gasteiger charge is -2.29. The third-order valence-corrected chi connectivity index (χ3v) is 2.25. The fourth-order valence-electron chi connectivity index (χ4n) is 1.38. The first-order valence-electron chi connectivity index (χ1n) is 5.03. The van der Waals surface area contributed by atoms with Gasteiger partial charge in [0, 0.05) is 13.1 Å². The van der Waals surface area contributed by atoms with Gasteiger partial charge in [-0.25, -0.2) is 0 Å². The van der Waals surface area contributed by atoms with E-state index in [-0.39, 0.29) is 0 Å². The zero-order valence-corrected chi connectivity index (χ0v) is 10.4. The van der Waals surface area contributed by atoms with Crippen LogP contribution in [0.5, 0.6) is 0 Å². The third kappa shape index (κ3) is 5.69. The van der Waals surface area contributed by atoms with E-state index in [0.717, 1.165) is 13.0 Å². The molecular weight excluding hydrogens is 212 g/mol. The molecule has 0 aromatic rings. The average molecular weight is 232 g/mol. The van der Waals surface area contributed by atoms with Crippen molar-refractivity contribution in [2.45, 2.75) is 27.2 Å². The Balaban J connectivity index is 4.39. The van der Waals surface area contributed by atoms with Crippen molar-refractivity contribution in [3.8, 4) is 0 Å². The van der Waals surface area contributed by atoms with Gasteiger partial charge in [0.15, 0.2) is 0 Å². The molecule has 0 unspecified atom stereocenters. The van der Waals surface area contributed by atoms with E-state index in [2.05, 4.69) is 0 Å². The van der Waals surface area contributed by atoms with Crippen LogP contribution >= 0.6 is 12.2 Å². The minimum Gasteiger partial charge on any atom is -0.481 e. The second-order valence-electron chi connectivity index (χ2n) is 4.37. The Morgan fingerprint density at radius 2 is 2.07 bits per heavy atom. The molecule has 88 valence electrons. The summed E-state index contributed by atoms with van der Waals surface area (Å²) in [4.78, 5) is 13.3. The first kappa shape index (κ1) is 14.3. The fourth-order valence-corrected chi connectivity index (χ4v) is 1.56. The summed E-state index contributed by atoms with van der Waals surface area (Å²) in [6.07, 6.45) is 0.957. The summed E-state index contributed by atoms with van der Waals surface area (Å²) in [5, 5.41) is 9.00. The molecule has 0 aromatic heterocycles. The summed E-state index contributed by atoms with van der Waals surface area (Å²) in [6.45, 7) is 7.22. The lowest BCUT2D eigenvalue weighted by atomic mass is 9.93. The Hall–Kier alpha value is -0.680. The highest BCUT2D eigenvalue weighted by atomic mass is 32.1. The van der Waals surface area contributed by atoms with Crippen molar-refractivity contribution in [2.24, 2.45) is 11.1 Å². The molecule has 15 heavy (non-hydrogen) atoms. The number of nitrogens with zero attached hydrogens (tertiary/aromatic N) is 1. The quantitative estimate of drug-likeness (QED) is 0.643. The van der Waals surface area contributed by atoms with Gasteiger partial charge >= 0.3 is 5.97 Å². The van der Waals surface area contributed by atoms with Crippen molar-refractivity contribution in [1.29, 1.82) is 0 Å². The van der Waals surface area contributed by atoms with Gasteiger partial charge in [-0.2, -0.15) is 0 Å². The number of carboxylic acid groups (broad SMARTS) is 1. The number of aliphatic carboxylic acids is 1. The van der Waals surface area contributed by atoms with Crippen LogP contribution in [-0.2, 0) is 4.79 Å². The summed E-state index contributed by atoms with van der Waals surface area (Å²) in [5.74, 6) is -0.799. The van der Waals surface area contributed by atoms with E-state index in [0.29, 0.717) is 18.1 Å². The number of carbonyl (C=O) groups is 1. The maximum Gasteiger partial charge on any atom is 0.310 e. The maximum absolute atomic E-state index is 11.0. The highest BCUT2D eigenvalue weighted by molar-refractivity contribution is 7.80. The molecule has 0 bridgehead atoms. The predicted octanol–water partition coefficient (Wildman–Crippen LogP) is 1.10. The van der Waals surface area contributed by atoms with E-state index >= 15 is 0 Å². The van der Waals surface area contributed by atoms with Crippen molar-refractivity contribution in [2.75, 3.05) is 19.6 Å². The van der Waals surface area contributed by atoms with E-state index in [9.17, 15) is 4.79 Å². The predicted molar refractivity (Wildman–Crippen MR) is 64.9 cm³/mol. The van der Waals surface area contributed by atoms with E-state index in [1.807, 2.05) is 11.8 Å². The van der Waals surface area contributed by atoms with Crippen molar-refractivity contribution in [1.82, 2.24) is 4.90 Å². The standard InChI is InChI=1S/C10H20N2O2S/c1-4-5-12(6-8(11)15)7-10(2,3)9(13)14/h4-7H2,1-3H3,(H2,11,15)(H,13,14). The molecule has 5 heteroatoms. The Labute approximate surface area is 96.4 Å². The smallest absolute Gasteiger partial charge is 0.310 e. The summed E-state index contributed by atoms with van der Waals surface area (Å²) in [6, 6.07) is 0. The molecule has 0 saturated carbocycles. The number of thiocarbonyl (C=S) groups is 1. The SMILES string of the molecule is CCCN(CC(N)=S)CC(C)(C)C(=O)O. The second kappa shape index (κ2) is 6.02. The van der Waals surface area contributed by atoms with Gasteiger partial charge in [0.1, 0.15) is 0 Å². The van der Waals surface area contributed by atoms with Crippen molar-refractivity contribution in [3.05, 3.63) is 0 Å². The van der Waals surface area contributed by atoms with Gasteiger partial charge in [0.2, 0.25) is 0 Å². The van der Waals surface area contributed by atoms with Crippen LogP contribution in [0.3, 0.4) is 0 Å². The molecule has 0 fully saturated rings. The fraction of sp³-hybridized carbons (Fsp3) is 0.800. The highest BCUT2D eigenvalue weighted by Gasteiger charge is 2.29. The van der Waals surface area contributed by atoms with Crippen LogP contribution in [0.15, 0.2) is 0 Å². The van der Waals surface area contributed by atoms with Gasteiger partial charge < -0.3 is 10.8 Å². The molecule has 0 rings (SSSR count). The molecule has 0 aromatic carbocycles. The summed E-state index contributed by atoms with van der Waals surface area (Å²) >= 11 is 4.83. The minimum atomic E-state index is -0.799. The number of hydrogen-bond donors (Lipinski definition) is 2. The van der Waals surface area contributed by atoms with Gasteiger partial charge in [-0.1, -0.05) is 19.1 Å². The summed E-state index contributed by atoms with van der Waals surface area (Å²) in [7, 11) is 0. The van der Waals surface area contributed by atoms with Crippen LogP contribution in [0.2, 0.25) is 0 Å². The van der Waals surface area contributed by atoms with Crippen LogP contribution in [0.25, 0.3) is 0 Å². The minimum absolute atomic E-state index is 0.407. The first-order valence-corrected chi connectivity index (χ1v) is 5.44. The number of rotatable bonds is 7. The van der Waals surface area contributed by atoms with E-state index < -0.39 is 11.4 Å². The molecule has 0 saturated heterocycles. The number of carboxylic acids is 1. The molecular formula is C10H20N2O2S. The molecule has 0 aliphatic carbocycles. The number of nitrogens with two attached hydrogens (primary N) is 1. The monoisotopic (exact) mass is 232 g/mol. The van der Waals surface area contributed by atoms with Crippen LogP contribution in [0, 0.1) is 5.41 Å². The third-order valence-electron chi connectivity index (χ3n) is 2.12. The Bertz CT molecular complexity index is 242. The molecule has 0 spiro atoms. The van der Waals surface area contributed by atoms with Gasteiger partial charge in [-0.3, -0.25) is 9.69 Å².